The van der Waals surface area contributed by atoms with Gasteiger partial charge in [0.25, 0.3) is 0 Å². The smallest absolute Gasteiger partial charge is 0.224 e. The van der Waals surface area contributed by atoms with Crippen molar-refractivity contribution in [3.8, 4) is 0 Å². The van der Waals surface area contributed by atoms with Gasteiger partial charge in [-0.05, 0) is 25.8 Å². The lowest BCUT2D eigenvalue weighted by Crippen LogP contribution is -2.12. The standard InChI is InChI=1S/C16H21FN4/c1-4-9-18-16-19-10-14(17)15(21-16)20-12(3)13-7-5-11(2)6-8-13/h5-8,10,12H,4,9H2,1-3H3,(H2,18,19,20,21). The molecule has 2 rings (SSSR count). The maximum atomic E-state index is 13.8. The van der Waals surface area contributed by atoms with E-state index in [0.717, 1.165) is 18.5 Å². The number of nitrogens with one attached hydrogen (secondary N) is 2. The Kier molecular flexibility index (Phi) is 5.09. The summed E-state index contributed by atoms with van der Waals surface area (Å²) < 4.78 is 13.8. The monoisotopic (exact) mass is 288 g/mol. The number of hydrogen-bond acceptors (Lipinski definition) is 4. The van der Waals surface area contributed by atoms with Crippen LogP contribution in [0.3, 0.4) is 0 Å². The molecule has 0 saturated heterocycles. The van der Waals surface area contributed by atoms with Crippen LogP contribution >= 0.6 is 0 Å². The van der Waals surface area contributed by atoms with Crippen LogP contribution in [0.25, 0.3) is 0 Å². The van der Waals surface area contributed by atoms with Gasteiger partial charge >= 0.3 is 0 Å². The van der Waals surface area contributed by atoms with Gasteiger partial charge in [-0.2, -0.15) is 4.98 Å². The number of aromatic nitrogens is 2. The lowest BCUT2D eigenvalue weighted by atomic mass is 10.1. The zero-order valence-electron chi connectivity index (χ0n) is 12.7. The lowest BCUT2D eigenvalue weighted by molar-refractivity contribution is 0.614. The summed E-state index contributed by atoms with van der Waals surface area (Å²) in [5.41, 5.74) is 2.28. The molecule has 21 heavy (non-hydrogen) atoms. The average Bonchev–Trinajstić information content (AvgIpc) is 2.48. The molecule has 2 N–H and O–H groups in total. The second kappa shape index (κ2) is 7.02. The molecule has 0 aliphatic heterocycles. The maximum Gasteiger partial charge on any atom is 0.224 e. The largest absolute Gasteiger partial charge is 0.361 e. The molecule has 4 nitrogen and oxygen atoms in total. The van der Waals surface area contributed by atoms with Crippen LogP contribution in [-0.2, 0) is 0 Å². The highest BCUT2D eigenvalue weighted by molar-refractivity contribution is 5.43. The van der Waals surface area contributed by atoms with Crippen LogP contribution in [0, 0.1) is 12.7 Å². The van der Waals surface area contributed by atoms with Gasteiger partial charge < -0.3 is 10.6 Å². The van der Waals surface area contributed by atoms with Crippen LogP contribution in [0.4, 0.5) is 16.2 Å². The molecule has 0 aliphatic rings. The number of aryl methyl sites for hydroxylation is 1. The van der Waals surface area contributed by atoms with Crippen molar-refractivity contribution in [1.29, 1.82) is 0 Å². The molecule has 5 heteroatoms. The Bertz CT molecular complexity index is 583. The molecule has 0 spiro atoms. The molecule has 1 unspecified atom stereocenters. The Labute approximate surface area is 124 Å². The molecule has 1 aromatic carbocycles. The minimum atomic E-state index is -0.448. The molecule has 0 bridgehead atoms. The van der Waals surface area contributed by atoms with Crippen molar-refractivity contribution in [3.63, 3.8) is 0 Å². The quantitative estimate of drug-likeness (QED) is 0.846. The highest BCUT2D eigenvalue weighted by atomic mass is 19.1. The normalized spacial score (nSPS) is 12.0. The van der Waals surface area contributed by atoms with Crippen molar-refractivity contribution in [2.45, 2.75) is 33.2 Å². The van der Waals surface area contributed by atoms with Crippen LogP contribution in [-0.4, -0.2) is 16.5 Å². The van der Waals surface area contributed by atoms with E-state index in [1.165, 1.54) is 11.8 Å². The van der Waals surface area contributed by atoms with Gasteiger partial charge in [0.1, 0.15) is 0 Å². The maximum absolute atomic E-state index is 13.8. The van der Waals surface area contributed by atoms with Gasteiger partial charge in [0.05, 0.1) is 12.2 Å². The summed E-state index contributed by atoms with van der Waals surface area (Å²) in [6.07, 6.45) is 2.15. The number of anilines is 2. The number of hydrogen-bond donors (Lipinski definition) is 2. The Morgan fingerprint density at radius 1 is 1.24 bits per heavy atom. The molecule has 1 atom stereocenters. The second-order valence-corrected chi connectivity index (χ2v) is 5.09. The molecule has 1 heterocycles. The Balaban J connectivity index is 2.12. The van der Waals surface area contributed by atoms with Gasteiger partial charge in [-0.15, -0.1) is 0 Å². The third-order valence-electron chi connectivity index (χ3n) is 3.21. The minimum absolute atomic E-state index is 0.0333. The Morgan fingerprint density at radius 2 is 1.95 bits per heavy atom. The van der Waals surface area contributed by atoms with E-state index in [0.29, 0.717) is 5.95 Å². The van der Waals surface area contributed by atoms with E-state index in [2.05, 4.69) is 27.5 Å². The van der Waals surface area contributed by atoms with Crippen molar-refractivity contribution < 1.29 is 4.39 Å². The zero-order valence-corrected chi connectivity index (χ0v) is 12.7. The number of nitrogens with zero attached hydrogens (tertiary/aromatic N) is 2. The van der Waals surface area contributed by atoms with Gasteiger partial charge in [-0.3, -0.25) is 0 Å². The van der Waals surface area contributed by atoms with Crippen LogP contribution < -0.4 is 10.6 Å². The predicted octanol–water partition coefficient (Wildman–Crippen LogP) is 3.92. The van der Waals surface area contributed by atoms with Crippen LogP contribution in [0.1, 0.15) is 37.4 Å². The summed E-state index contributed by atoms with van der Waals surface area (Å²) in [7, 11) is 0. The van der Waals surface area contributed by atoms with E-state index in [9.17, 15) is 4.39 Å². The van der Waals surface area contributed by atoms with Gasteiger partial charge in [0.15, 0.2) is 11.6 Å². The number of halogens is 1. The molecular formula is C16H21FN4. The first-order valence-electron chi connectivity index (χ1n) is 7.19. The molecule has 0 aliphatic carbocycles. The summed E-state index contributed by atoms with van der Waals surface area (Å²) >= 11 is 0. The van der Waals surface area contributed by atoms with E-state index < -0.39 is 5.82 Å². The van der Waals surface area contributed by atoms with Crippen molar-refractivity contribution in [2.24, 2.45) is 0 Å². The summed E-state index contributed by atoms with van der Waals surface area (Å²) in [4.78, 5) is 8.12. The molecule has 2 aromatic rings. The topological polar surface area (TPSA) is 49.8 Å². The van der Waals surface area contributed by atoms with E-state index in [4.69, 9.17) is 0 Å². The minimum Gasteiger partial charge on any atom is -0.361 e. The fourth-order valence-electron chi connectivity index (χ4n) is 1.93. The summed E-state index contributed by atoms with van der Waals surface area (Å²) in [6, 6.07) is 8.11. The third kappa shape index (κ3) is 4.15. The number of benzene rings is 1. The fraction of sp³-hybridized carbons (Fsp3) is 0.375. The zero-order chi connectivity index (χ0) is 15.2. The molecule has 0 fully saturated rings. The van der Waals surface area contributed by atoms with E-state index in [1.54, 1.807) is 0 Å². The highest BCUT2D eigenvalue weighted by Gasteiger charge is 2.11. The first kappa shape index (κ1) is 15.2. The lowest BCUT2D eigenvalue weighted by Gasteiger charge is -2.16. The molecule has 1 aromatic heterocycles. The summed E-state index contributed by atoms with van der Waals surface area (Å²) in [5.74, 6) is 0.213. The third-order valence-corrected chi connectivity index (χ3v) is 3.21. The molecule has 0 amide bonds. The van der Waals surface area contributed by atoms with Gasteiger partial charge in [0, 0.05) is 6.54 Å². The van der Waals surface area contributed by atoms with Crippen molar-refractivity contribution in [2.75, 3.05) is 17.2 Å². The van der Waals surface area contributed by atoms with Gasteiger partial charge in [-0.25, -0.2) is 9.37 Å². The van der Waals surface area contributed by atoms with E-state index in [-0.39, 0.29) is 11.9 Å². The van der Waals surface area contributed by atoms with Crippen LogP contribution in [0.2, 0.25) is 0 Å². The average molecular weight is 288 g/mol. The summed E-state index contributed by atoms with van der Waals surface area (Å²) in [6.45, 7) is 6.83. The van der Waals surface area contributed by atoms with Crippen LogP contribution in [0.5, 0.6) is 0 Å². The van der Waals surface area contributed by atoms with Gasteiger partial charge in [0.2, 0.25) is 5.95 Å². The van der Waals surface area contributed by atoms with Crippen LogP contribution in [0.15, 0.2) is 30.5 Å². The number of rotatable bonds is 6. The first-order chi connectivity index (χ1) is 10.1. The van der Waals surface area contributed by atoms with E-state index >= 15 is 0 Å². The van der Waals surface area contributed by atoms with E-state index in [1.807, 2.05) is 38.1 Å². The summed E-state index contributed by atoms with van der Waals surface area (Å²) in [5, 5.41) is 6.15. The molecule has 112 valence electrons. The second-order valence-electron chi connectivity index (χ2n) is 5.09. The fourth-order valence-corrected chi connectivity index (χ4v) is 1.93. The SMILES string of the molecule is CCCNc1ncc(F)c(NC(C)c2ccc(C)cc2)n1. The van der Waals surface area contributed by atoms with Crippen molar-refractivity contribution >= 4 is 11.8 Å². The van der Waals surface area contributed by atoms with Crippen molar-refractivity contribution in [3.05, 3.63) is 47.4 Å². The molecule has 0 radical (unpaired) electrons. The highest BCUT2D eigenvalue weighted by Crippen LogP contribution is 2.20. The van der Waals surface area contributed by atoms with Crippen molar-refractivity contribution in [1.82, 2.24) is 9.97 Å². The molecule has 0 saturated carbocycles. The molecular weight excluding hydrogens is 267 g/mol. The Hall–Kier alpha value is -2.17. The predicted molar refractivity (Wildman–Crippen MR) is 84.0 cm³/mol. The Morgan fingerprint density at radius 3 is 2.62 bits per heavy atom. The van der Waals surface area contributed by atoms with Gasteiger partial charge in [-0.1, -0.05) is 36.8 Å². The first-order valence-corrected chi connectivity index (χ1v) is 7.19.